The van der Waals surface area contributed by atoms with Crippen molar-refractivity contribution >= 4 is 35.3 Å². The second kappa shape index (κ2) is 13.9. The van der Waals surface area contributed by atoms with Crippen LogP contribution >= 0.6 is 0 Å². The molecule has 0 atom stereocenters. The van der Waals surface area contributed by atoms with Gasteiger partial charge in [-0.25, -0.2) is 9.78 Å². The van der Waals surface area contributed by atoms with E-state index in [1.54, 1.807) is 24.1 Å². The smallest absolute Gasteiger partial charge is 0.475 e. The number of aromatic nitrogens is 1. The summed E-state index contributed by atoms with van der Waals surface area (Å²) in [7, 11) is 0. The molecule has 0 bridgehead atoms. The number of hydrogen-bond donors (Lipinski definition) is 3. The molecule has 2 amide bonds. The van der Waals surface area contributed by atoms with Crippen molar-refractivity contribution in [3.8, 4) is 0 Å². The molecule has 0 saturated carbocycles. The fraction of sp³-hybridized carbons (Fsp3) is 0.625. The SMILES string of the molecule is CCOC(=O)C1CCN(C(=O)c2cc(NC(=O)C(C)C)cnc2N2CCNCC2)CC1.O=C(O)C(F)(F)F. The zero-order valence-electron chi connectivity index (χ0n) is 21.6. The first kappa shape index (κ1) is 30.8. The first-order chi connectivity index (χ1) is 17.8. The summed E-state index contributed by atoms with van der Waals surface area (Å²) in [5.41, 5.74) is 1.00. The molecule has 212 valence electrons. The van der Waals surface area contributed by atoms with E-state index in [2.05, 4.69) is 20.5 Å². The molecule has 1 aromatic rings. The van der Waals surface area contributed by atoms with Crippen LogP contribution in [0.3, 0.4) is 0 Å². The predicted octanol–water partition coefficient (Wildman–Crippen LogP) is 2.13. The Hall–Kier alpha value is -3.42. The number of carbonyl (C=O) groups is 4. The number of ether oxygens (including phenoxy) is 1. The summed E-state index contributed by atoms with van der Waals surface area (Å²) in [6, 6.07) is 1.73. The van der Waals surface area contributed by atoms with E-state index in [1.807, 2.05) is 13.8 Å². The molecule has 3 heterocycles. The molecule has 11 nitrogen and oxygen atoms in total. The molecule has 14 heteroatoms. The summed E-state index contributed by atoms with van der Waals surface area (Å²) >= 11 is 0. The maximum atomic E-state index is 13.5. The Balaban J connectivity index is 0.000000638. The van der Waals surface area contributed by atoms with E-state index in [0.717, 1.165) is 26.2 Å². The maximum absolute atomic E-state index is 13.5. The van der Waals surface area contributed by atoms with Gasteiger partial charge in [0.2, 0.25) is 5.91 Å². The minimum Gasteiger partial charge on any atom is -0.475 e. The monoisotopic (exact) mass is 545 g/mol. The van der Waals surface area contributed by atoms with Gasteiger partial charge in [0.05, 0.1) is 30.0 Å². The third kappa shape index (κ3) is 8.85. The number of piperazine rings is 1. The third-order valence-corrected chi connectivity index (χ3v) is 5.95. The highest BCUT2D eigenvalue weighted by Gasteiger charge is 2.38. The number of rotatable bonds is 6. The molecule has 2 fully saturated rings. The van der Waals surface area contributed by atoms with Crippen molar-refractivity contribution in [2.75, 3.05) is 56.1 Å². The van der Waals surface area contributed by atoms with Gasteiger partial charge in [-0.3, -0.25) is 14.4 Å². The number of anilines is 2. The number of halogens is 3. The van der Waals surface area contributed by atoms with Gasteiger partial charge < -0.3 is 30.3 Å². The van der Waals surface area contributed by atoms with Crippen molar-refractivity contribution in [3.63, 3.8) is 0 Å². The van der Waals surface area contributed by atoms with Gasteiger partial charge in [-0.05, 0) is 25.8 Å². The van der Waals surface area contributed by atoms with Crippen molar-refractivity contribution < 1.29 is 42.2 Å². The fourth-order valence-corrected chi connectivity index (χ4v) is 3.85. The lowest BCUT2D eigenvalue weighted by atomic mass is 9.96. The molecule has 3 N–H and O–H groups in total. The number of carboxylic acids is 1. The van der Waals surface area contributed by atoms with Crippen LogP contribution in [-0.2, 0) is 19.1 Å². The maximum Gasteiger partial charge on any atom is 0.490 e. The number of carboxylic acid groups (broad SMARTS) is 1. The van der Waals surface area contributed by atoms with Crippen molar-refractivity contribution in [2.45, 2.75) is 39.8 Å². The molecule has 0 unspecified atom stereocenters. The molecular weight excluding hydrogens is 511 g/mol. The van der Waals surface area contributed by atoms with Crippen LogP contribution in [0.25, 0.3) is 0 Å². The van der Waals surface area contributed by atoms with Crippen LogP contribution in [-0.4, -0.2) is 90.8 Å². The zero-order valence-corrected chi connectivity index (χ0v) is 21.6. The number of pyridine rings is 1. The fourth-order valence-electron chi connectivity index (χ4n) is 3.85. The first-order valence-electron chi connectivity index (χ1n) is 12.4. The molecule has 0 aromatic carbocycles. The number of aliphatic carboxylic acids is 1. The van der Waals surface area contributed by atoms with E-state index in [9.17, 15) is 27.6 Å². The van der Waals surface area contributed by atoms with Gasteiger partial charge >= 0.3 is 18.1 Å². The minimum absolute atomic E-state index is 0.120. The van der Waals surface area contributed by atoms with Crippen LogP contribution in [0.2, 0.25) is 0 Å². The van der Waals surface area contributed by atoms with Crippen LogP contribution < -0.4 is 15.5 Å². The first-order valence-corrected chi connectivity index (χ1v) is 12.4. The number of amides is 2. The number of nitrogens with zero attached hydrogens (tertiary/aromatic N) is 3. The highest BCUT2D eigenvalue weighted by molar-refractivity contribution is 6.01. The number of nitrogens with one attached hydrogen (secondary N) is 2. The summed E-state index contributed by atoms with van der Waals surface area (Å²) in [5, 5.41) is 13.3. The zero-order chi connectivity index (χ0) is 28.5. The molecule has 2 saturated heterocycles. The minimum atomic E-state index is -5.08. The Kier molecular flexibility index (Phi) is 11.3. The molecule has 0 radical (unpaired) electrons. The van der Waals surface area contributed by atoms with Crippen molar-refractivity contribution in [1.29, 1.82) is 0 Å². The van der Waals surface area contributed by atoms with E-state index in [4.69, 9.17) is 14.6 Å². The molecule has 0 spiro atoms. The van der Waals surface area contributed by atoms with E-state index in [1.165, 1.54) is 0 Å². The lowest BCUT2D eigenvalue weighted by Gasteiger charge is -2.33. The van der Waals surface area contributed by atoms with E-state index >= 15 is 0 Å². The van der Waals surface area contributed by atoms with Crippen LogP contribution in [0, 0.1) is 11.8 Å². The number of carbonyl (C=O) groups excluding carboxylic acids is 3. The van der Waals surface area contributed by atoms with Gasteiger partial charge in [0, 0.05) is 45.2 Å². The molecular formula is C24H34F3N5O6. The summed E-state index contributed by atoms with van der Waals surface area (Å²) in [6.07, 6.45) is -2.29. The molecule has 2 aliphatic heterocycles. The summed E-state index contributed by atoms with van der Waals surface area (Å²) in [6.45, 7) is 9.95. The molecule has 38 heavy (non-hydrogen) atoms. The van der Waals surface area contributed by atoms with Crippen LogP contribution in [0.15, 0.2) is 12.3 Å². The Morgan fingerprint density at radius 3 is 2.24 bits per heavy atom. The summed E-state index contributed by atoms with van der Waals surface area (Å²) < 4.78 is 36.9. The Morgan fingerprint density at radius 1 is 1.16 bits per heavy atom. The van der Waals surface area contributed by atoms with Gasteiger partial charge in [0.25, 0.3) is 5.91 Å². The summed E-state index contributed by atoms with van der Waals surface area (Å²) in [4.78, 5) is 54.9. The Labute approximate surface area is 218 Å². The number of alkyl halides is 3. The molecule has 3 rings (SSSR count). The van der Waals surface area contributed by atoms with E-state index in [0.29, 0.717) is 49.6 Å². The lowest BCUT2D eigenvalue weighted by Crippen LogP contribution is -2.45. The van der Waals surface area contributed by atoms with E-state index in [-0.39, 0.29) is 29.6 Å². The van der Waals surface area contributed by atoms with Gasteiger partial charge in [0.15, 0.2) is 0 Å². The predicted molar refractivity (Wildman–Crippen MR) is 132 cm³/mol. The second-order valence-electron chi connectivity index (χ2n) is 9.10. The van der Waals surface area contributed by atoms with Crippen molar-refractivity contribution in [3.05, 3.63) is 17.8 Å². The summed E-state index contributed by atoms with van der Waals surface area (Å²) in [5.74, 6) is -2.88. The number of piperidine rings is 1. The quantitative estimate of drug-likeness (QED) is 0.459. The third-order valence-electron chi connectivity index (χ3n) is 5.95. The topological polar surface area (TPSA) is 141 Å². The van der Waals surface area contributed by atoms with Crippen LogP contribution in [0.1, 0.15) is 44.0 Å². The Bertz CT molecular complexity index is 990. The standard InChI is InChI=1S/C22H33N5O4.C2HF3O2/c1-4-31-22(30)16-5-9-27(10-6-16)21(29)18-13-17(25-20(28)15(2)3)14-24-19(18)26-11-7-23-8-12-26;3-2(4,5)1(6)7/h13-16,23H,4-12H2,1-3H3,(H,25,28);(H,6,7). The number of hydrogen-bond acceptors (Lipinski definition) is 8. The van der Waals surface area contributed by atoms with Gasteiger partial charge in [-0.1, -0.05) is 13.8 Å². The van der Waals surface area contributed by atoms with Gasteiger partial charge in [-0.2, -0.15) is 13.2 Å². The van der Waals surface area contributed by atoms with Crippen LogP contribution in [0.4, 0.5) is 24.7 Å². The van der Waals surface area contributed by atoms with E-state index < -0.39 is 12.1 Å². The molecule has 2 aliphatic rings. The average molecular weight is 546 g/mol. The highest BCUT2D eigenvalue weighted by Crippen LogP contribution is 2.27. The highest BCUT2D eigenvalue weighted by atomic mass is 19.4. The average Bonchev–Trinajstić information content (AvgIpc) is 2.88. The molecule has 0 aliphatic carbocycles. The van der Waals surface area contributed by atoms with Crippen LogP contribution in [0.5, 0.6) is 0 Å². The van der Waals surface area contributed by atoms with Gasteiger partial charge in [-0.15, -0.1) is 0 Å². The normalized spacial score (nSPS) is 16.4. The van der Waals surface area contributed by atoms with Crippen molar-refractivity contribution in [1.82, 2.24) is 15.2 Å². The number of esters is 1. The van der Waals surface area contributed by atoms with Gasteiger partial charge in [0.1, 0.15) is 5.82 Å². The number of likely N-dealkylation sites (tertiary alicyclic amines) is 1. The largest absolute Gasteiger partial charge is 0.490 e. The Morgan fingerprint density at radius 2 is 1.74 bits per heavy atom. The van der Waals surface area contributed by atoms with Crippen molar-refractivity contribution in [2.24, 2.45) is 11.8 Å². The molecule has 1 aromatic heterocycles. The second-order valence-corrected chi connectivity index (χ2v) is 9.10. The lowest BCUT2D eigenvalue weighted by molar-refractivity contribution is -0.192.